The second-order valence-corrected chi connectivity index (χ2v) is 5.54. The minimum absolute atomic E-state index is 0.0706. The summed E-state index contributed by atoms with van der Waals surface area (Å²) in [4.78, 5) is 24.3. The van der Waals surface area contributed by atoms with Crippen molar-refractivity contribution in [2.24, 2.45) is 0 Å². The van der Waals surface area contributed by atoms with Gasteiger partial charge < -0.3 is 5.32 Å². The molecule has 4 heteroatoms. The lowest BCUT2D eigenvalue weighted by Gasteiger charge is -2.05. The zero-order valence-electron chi connectivity index (χ0n) is 11.3. The molecule has 0 spiro atoms. The van der Waals surface area contributed by atoms with Crippen molar-refractivity contribution in [1.29, 1.82) is 0 Å². The number of amides is 1. The smallest absolute Gasteiger partial charge is 0.221 e. The number of carbonyl (C=O) groups excluding carboxylic acids is 2. The fraction of sp³-hybridized carbons (Fsp3) is 0.125. The minimum Gasteiger partial charge on any atom is -0.326 e. The maximum atomic E-state index is 11.2. The maximum absolute atomic E-state index is 11.2. The normalized spacial score (nSPS) is 10.1. The average molecular weight is 285 g/mol. The van der Waals surface area contributed by atoms with Crippen molar-refractivity contribution in [3.8, 4) is 0 Å². The Morgan fingerprint density at radius 3 is 1.80 bits per heavy atom. The van der Waals surface area contributed by atoms with Crippen LogP contribution < -0.4 is 5.32 Å². The summed E-state index contributed by atoms with van der Waals surface area (Å²) in [5.41, 5.74) is 1.50. The van der Waals surface area contributed by atoms with Crippen molar-refractivity contribution in [2.75, 3.05) is 5.32 Å². The Kier molecular flexibility index (Phi) is 4.58. The molecule has 0 bridgehead atoms. The largest absolute Gasteiger partial charge is 0.326 e. The molecule has 1 N–H and O–H groups in total. The molecule has 20 heavy (non-hydrogen) atoms. The Balaban J connectivity index is 2.06. The molecule has 2 rings (SSSR count). The molecular formula is C16H15NO2S. The lowest BCUT2D eigenvalue weighted by molar-refractivity contribution is -0.114. The number of carbonyl (C=O) groups is 2. The highest BCUT2D eigenvalue weighted by atomic mass is 32.2. The van der Waals surface area contributed by atoms with Gasteiger partial charge in [0.1, 0.15) is 0 Å². The minimum atomic E-state index is -0.0785. The summed E-state index contributed by atoms with van der Waals surface area (Å²) in [5, 5.41) is 2.73. The van der Waals surface area contributed by atoms with Crippen molar-refractivity contribution < 1.29 is 9.59 Å². The van der Waals surface area contributed by atoms with Gasteiger partial charge in [0.2, 0.25) is 5.91 Å². The molecule has 0 aliphatic rings. The second-order valence-electron chi connectivity index (χ2n) is 4.39. The lowest BCUT2D eigenvalue weighted by Crippen LogP contribution is -2.05. The van der Waals surface area contributed by atoms with Crippen LogP contribution in [-0.4, -0.2) is 11.7 Å². The topological polar surface area (TPSA) is 46.2 Å². The van der Waals surface area contributed by atoms with E-state index in [4.69, 9.17) is 0 Å². The number of Topliss-reactive ketones (excluding diaryl/α,β-unsaturated/α-hetero) is 1. The van der Waals surface area contributed by atoms with Gasteiger partial charge in [-0.15, -0.1) is 0 Å². The third-order valence-corrected chi connectivity index (χ3v) is 3.69. The number of ketones is 1. The van der Waals surface area contributed by atoms with Gasteiger partial charge in [0.25, 0.3) is 0 Å². The van der Waals surface area contributed by atoms with Crippen LogP contribution in [0.2, 0.25) is 0 Å². The summed E-state index contributed by atoms with van der Waals surface area (Å²) in [6, 6.07) is 15.2. The zero-order valence-corrected chi connectivity index (χ0v) is 12.2. The van der Waals surface area contributed by atoms with Gasteiger partial charge >= 0.3 is 0 Å². The van der Waals surface area contributed by atoms with Gasteiger partial charge in [0, 0.05) is 28.0 Å². The van der Waals surface area contributed by atoms with Crippen LogP contribution in [0.1, 0.15) is 24.2 Å². The number of hydrogen-bond donors (Lipinski definition) is 1. The van der Waals surface area contributed by atoms with Gasteiger partial charge in [-0.1, -0.05) is 23.9 Å². The number of anilines is 1. The highest BCUT2D eigenvalue weighted by Gasteiger charge is 2.01. The van der Waals surface area contributed by atoms with Crippen LogP contribution in [0.25, 0.3) is 0 Å². The molecule has 0 saturated carbocycles. The van der Waals surface area contributed by atoms with Gasteiger partial charge in [0.15, 0.2) is 5.78 Å². The Labute approximate surface area is 122 Å². The Morgan fingerprint density at radius 1 is 0.850 bits per heavy atom. The molecule has 1 amide bonds. The Bertz CT molecular complexity index is 618. The summed E-state index contributed by atoms with van der Waals surface area (Å²) in [6.07, 6.45) is 0. The van der Waals surface area contributed by atoms with Crippen molar-refractivity contribution in [1.82, 2.24) is 0 Å². The van der Waals surface area contributed by atoms with Gasteiger partial charge in [0.05, 0.1) is 0 Å². The molecule has 102 valence electrons. The van der Waals surface area contributed by atoms with E-state index in [-0.39, 0.29) is 11.7 Å². The first kappa shape index (κ1) is 14.3. The first-order chi connectivity index (χ1) is 9.54. The molecule has 0 unspecified atom stereocenters. The number of rotatable bonds is 4. The van der Waals surface area contributed by atoms with Crippen LogP contribution in [0, 0.1) is 0 Å². The predicted molar refractivity (Wildman–Crippen MR) is 81.3 cm³/mol. The van der Waals surface area contributed by atoms with Crippen molar-refractivity contribution in [3.05, 3.63) is 54.1 Å². The van der Waals surface area contributed by atoms with Crippen LogP contribution in [0.15, 0.2) is 58.3 Å². The van der Waals surface area contributed by atoms with Gasteiger partial charge in [-0.2, -0.15) is 0 Å². The summed E-state index contributed by atoms with van der Waals surface area (Å²) >= 11 is 1.61. The van der Waals surface area contributed by atoms with Gasteiger partial charge in [-0.25, -0.2) is 0 Å². The molecule has 2 aromatic rings. The summed E-state index contributed by atoms with van der Waals surface area (Å²) in [6.45, 7) is 3.04. The molecule has 0 saturated heterocycles. The molecule has 0 aromatic heterocycles. The van der Waals surface area contributed by atoms with E-state index in [2.05, 4.69) is 5.32 Å². The number of hydrogen-bond acceptors (Lipinski definition) is 3. The Hall–Kier alpha value is -2.07. The van der Waals surface area contributed by atoms with E-state index in [0.29, 0.717) is 0 Å². The molecule has 0 radical (unpaired) electrons. The SMILES string of the molecule is CC(=O)Nc1ccc(Sc2ccc(C(C)=O)cc2)cc1. The highest BCUT2D eigenvalue weighted by Crippen LogP contribution is 2.28. The molecule has 0 fully saturated rings. The first-order valence-electron chi connectivity index (χ1n) is 6.21. The van der Waals surface area contributed by atoms with Crippen LogP contribution in [0.5, 0.6) is 0 Å². The predicted octanol–water partition coefficient (Wildman–Crippen LogP) is 4.00. The van der Waals surface area contributed by atoms with E-state index in [1.807, 2.05) is 48.5 Å². The average Bonchev–Trinajstić information content (AvgIpc) is 2.41. The van der Waals surface area contributed by atoms with Crippen LogP contribution in [0.3, 0.4) is 0 Å². The summed E-state index contributed by atoms with van der Waals surface area (Å²) < 4.78 is 0. The van der Waals surface area contributed by atoms with Crippen LogP contribution in [-0.2, 0) is 4.79 Å². The quantitative estimate of drug-likeness (QED) is 0.864. The Morgan fingerprint density at radius 2 is 1.35 bits per heavy atom. The van der Waals surface area contributed by atoms with E-state index in [0.717, 1.165) is 21.0 Å². The number of nitrogens with one attached hydrogen (secondary N) is 1. The molecule has 2 aromatic carbocycles. The summed E-state index contributed by atoms with van der Waals surface area (Å²) in [5.74, 6) is -0.00793. The third kappa shape index (κ3) is 3.96. The monoisotopic (exact) mass is 285 g/mol. The molecule has 0 aliphatic heterocycles. The van der Waals surface area contributed by atoms with Crippen molar-refractivity contribution in [2.45, 2.75) is 23.6 Å². The van der Waals surface area contributed by atoms with E-state index < -0.39 is 0 Å². The highest BCUT2D eigenvalue weighted by molar-refractivity contribution is 7.99. The van der Waals surface area contributed by atoms with Crippen molar-refractivity contribution in [3.63, 3.8) is 0 Å². The lowest BCUT2D eigenvalue weighted by atomic mass is 10.2. The maximum Gasteiger partial charge on any atom is 0.221 e. The summed E-state index contributed by atoms with van der Waals surface area (Å²) in [7, 11) is 0. The third-order valence-electron chi connectivity index (χ3n) is 2.67. The van der Waals surface area contributed by atoms with Crippen LogP contribution >= 0.6 is 11.8 Å². The molecule has 0 aliphatic carbocycles. The molecule has 0 heterocycles. The fourth-order valence-corrected chi connectivity index (χ4v) is 2.52. The molecule has 3 nitrogen and oxygen atoms in total. The standard InChI is InChI=1S/C16H15NO2S/c1-11(18)13-3-7-15(8-4-13)20-16-9-5-14(6-10-16)17-12(2)19/h3-10H,1-2H3,(H,17,19). The second kappa shape index (κ2) is 6.39. The van der Waals surface area contributed by atoms with E-state index >= 15 is 0 Å². The van der Waals surface area contributed by atoms with Crippen molar-refractivity contribution >= 4 is 29.1 Å². The van der Waals surface area contributed by atoms with E-state index in [9.17, 15) is 9.59 Å². The van der Waals surface area contributed by atoms with Gasteiger partial charge in [-0.3, -0.25) is 9.59 Å². The molecule has 0 atom stereocenters. The van der Waals surface area contributed by atoms with Gasteiger partial charge in [-0.05, 0) is 43.3 Å². The van der Waals surface area contributed by atoms with Crippen LogP contribution in [0.4, 0.5) is 5.69 Å². The zero-order chi connectivity index (χ0) is 14.5. The number of benzene rings is 2. The molecular weight excluding hydrogens is 270 g/mol. The van der Waals surface area contributed by atoms with E-state index in [1.165, 1.54) is 6.92 Å². The first-order valence-corrected chi connectivity index (χ1v) is 7.03. The fourth-order valence-electron chi connectivity index (χ4n) is 1.70. The van der Waals surface area contributed by atoms with E-state index in [1.54, 1.807) is 18.7 Å².